The summed E-state index contributed by atoms with van der Waals surface area (Å²) in [7, 11) is 1.59. The van der Waals surface area contributed by atoms with Crippen molar-refractivity contribution in [2.75, 3.05) is 7.11 Å². The fourth-order valence-electron chi connectivity index (χ4n) is 1.63. The molecule has 0 bridgehead atoms. The predicted octanol–water partition coefficient (Wildman–Crippen LogP) is 1.52. The van der Waals surface area contributed by atoms with Crippen LogP contribution in [0.25, 0.3) is 10.8 Å². The van der Waals surface area contributed by atoms with E-state index in [1.165, 1.54) is 0 Å². The largest absolute Gasteiger partial charge is 0.497 e. The van der Waals surface area contributed by atoms with Crippen molar-refractivity contribution in [3.05, 3.63) is 42.0 Å². The molecule has 0 atom stereocenters. The van der Waals surface area contributed by atoms with Crippen molar-refractivity contribution in [1.29, 1.82) is 0 Å². The van der Waals surface area contributed by atoms with Crippen LogP contribution >= 0.6 is 0 Å². The number of fused-ring (bicyclic) bond motifs is 1. The van der Waals surface area contributed by atoms with Crippen molar-refractivity contribution in [2.45, 2.75) is 0 Å². The van der Waals surface area contributed by atoms with Gasteiger partial charge in [-0.15, -0.1) is 0 Å². The Labute approximate surface area is 98.0 Å². The highest BCUT2D eigenvalue weighted by Gasteiger charge is 2.12. The van der Waals surface area contributed by atoms with E-state index in [0.29, 0.717) is 5.56 Å². The van der Waals surface area contributed by atoms with E-state index in [1.807, 2.05) is 12.1 Å². The highest BCUT2D eigenvalue weighted by molar-refractivity contribution is 6.42. The van der Waals surface area contributed by atoms with Crippen LogP contribution in [-0.4, -0.2) is 18.8 Å². The van der Waals surface area contributed by atoms with Crippen LogP contribution in [0.15, 0.2) is 36.4 Å². The molecule has 2 aromatic rings. The van der Waals surface area contributed by atoms with E-state index in [0.717, 1.165) is 16.5 Å². The molecule has 0 aliphatic rings. The zero-order valence-electron chi connectivity index (χ0n) is 9.27. The van der Waals surface area contributed by atoms with Crippen molar-refractivity contribution in [3.63, 3.8) is 0 Å². The standard InChI is InChI=1S/C13H11NO3/c1-17-11-5-4-8-6-10(12(15)13(14)16)3-2-9(8)7-11/h2-7H,1H3,(H2,14,16). The fourth-order valence-corrected chi connectivity index (χ4v) is 1.63. The summed E-state index contributed by atoms with van der Waals surface area (Å²) in [6, 6.07) is 10.4. The Hall–Kier alpha value is -2.36. The molecule has 17 heavy (non-hydrogen) atoms. The first-order chi connectivity index (χ1) is 8.11. The average molecular weight is 229 g/mol. The zero-order valence-corrected chi connectivity index (χ0v) is 9.27. The number of hydrogen-bond acceptors (Lipinski definition) is 3. The molecule has 86 valence electrons. The van der Waals surface area contributed by atoms with Crippen molar-refractivity contribution in [1.82, 2.24) is 0 Å². The van der Waals surface area contributed by atoms with Gasteiger partial charge >= 0.3 is 0 Å². The molecule has 2 aromatic carbocycles. The molecule has 0 radical (unpaired) electrons. The van der Waals surface area contributed by atoms with Gasteiger partial charge in [0.1, 0.15) is 5.75 Å². The van der Waals surface area contributed by atoms with Crippen molar-refractivity contribution < 1.29 is 14.3 Å². The summed E-state index contributed by atoms with van der Waals surface area (Å²) >= 11 is 0. The monoisotopic (exact) mass is 229 g/mol. The van der Waals surface area contributed by atoms with Crippen LogP contribution in [0.1, 0.15) is 10.4 Å². The van der Waals surface area contributed by atoms with Crippen molar-refractivity contribution >= 4 is 22.5 Å². The summed E-state index contributed by atoms with van der Waals surface area (Å²) in [5.41, 5.74) is 5.25. The molecule has 0 spiro atoms. The van der Waals surface area contributed by atoms with Gasteiger partial charge in [0.25, 0.3) is 5.91 Å². The lowest BCUT2D eigenvalue weighted by atomic mass is 10.0. The maximum Gasteiger partial charge on any atom is 0.289 e. The summed E-state index contributed by atoms with van der Waals surface area (Å²) in [6.45, 7) is 0. The van der Waals surface area contributed by atoms with Crippen molar-refractivity contribution in [2.24, 2.45) is 5.73 Å². The number of methoxy groups -OCH3 is 1. The third-order valence-electron chi connectivity index (χ3n) is 2.53. The fraction of sp³-hybridized carbons (Fsp3) is 0.0769. The van der Waals surface area contributed by atoms with Gasteiger partial charge in [-0.05, 0) is 29.0 Å². The summed E-state index contributed by atoms with van der Waals surface area (Å²) in [5.74, 6) is -0.882. The number of carbonyl (C=O) groups is 2. The molecule has 2 rings (SSSR count). The molecule has 0 fully saturated rings. The molecule has 0 aliphatic carbocycles. The minimum atomic E-state index is -0.946. The minimum Gasteiger partial charge on any atom is -0.497 e. The highest BCUT2D eigenvalue weighted by atomic mass is 16.5. The topological polar surface area (TPSA) is 69.4 Å². The van der Waals surface area contributed by atoms with Crippen LogP contribution in [0.3, 0.4) is 0 Å². The van der Waals surface area contributed by atoms with Crippen LogP contribution in [0.4, 0.5) is 0 Å². The number of primary amides is 1. The smallest absolute Gasteiger partial charge is 0.289 e. The number of nitrogens with two attached hydrogens (primary N) is 1. The second-order valence-electron chi connectivity index (χ2n) is 3.62. The summed E-state index contributed by atoms with van der Waals surface area (Å²) in [4.78, 5) is 22.2. The third kappa shape index (κ3) is 2.10. The van der Waals surface area contributed by atoms with Crippen LogP contribution in [0, 0.1) is 0 Å². The zero-order chi connectivity index (χ0) is 12.4. The van der Waals surface area contributed by atoms with Crippen LogP contribution in [0.2, 0.25) is 0 Å². The van der Waals surface area contributed by atoms with E-state index in [1.54, 1.807) is 31.4 Å². The minimum absolute atomic E-state index is 0.301. The lowest BCUT2D eigenvalue weighted by Crippen LogP contribution is -2.22. The SMILES string of the molecule is COc1ccc2cc(C(=O)C(N)=O)ccc2c1. The highest BCUT2D eigenvalue weighted by Crippen LogP contribution is 2.21. The lowest BCUT2D eigenvalue weighted by Gasteiger charge is -2.04. The van der Waals surface area contributed by atoms with Gasteiger partial charge < -0.3 is 10.5 Å². The van der Waals surface area contributed by atoms with E-state index >= 15 is 0 Å². The molecular formula is C13H11NO3. The molecule has 0 aliphatic heterocycles. The normalized spacial score (nSPS) is 10.2. The van der Waals surface area contributed by atoms with Gasteiger partial charge in [0.15, 0.2) is 0 Å². The van der Waals surface area contributed by atoms with Gasteiger partial charge in [-0.2, -0.15) is 0 Å². The quantitative estimate of drug-likeness (QED) is 0.640. The Morgan fingerprint density at radius 1 is 1.06 bits per heavy atom. The molecular weight excluding hydrogens is 218 g/mol. The predicted molar refractivity (Wildman–Crippen MR) is 64.0 cm³/mol. The molecule has 4 heteroatoms. The molecule has 4 nitrogen and oxygen atoms in total. The Balaban J connectivity index is 2.52. The molecule has 1 amide bonds. The Morgan fingerprint density at radius 2 is 1.71 bits per heavy atom. The molecule has 0 saturated heterocycles. The summed E-state index contributed by atoms with van der Waals surface area (Å²) in [5, 5.41) is 1.79. The Bertz CT molecular complexity index is 605. The Kier molecular flexibility index (Phi) is 2.78. The second-order valence-corrected chi connectivity index (χ2v) is 3.62. The number of rotatable bonds is 3. The maximum atomic E-state index is 11.4. The van der Waals surface area contributed by atoms with Crippen molar-refractivity contribution in [3.8, 4) is 5.75 Å². The van der Waals surface area contributed by atoms with E-state index in [4.69, 9.17) is 10.5 Å². The molecule has 0 heterocycles. The Morgan fingerprint density at radius 3 is 2.35 bits per heavy atom. The van der Waals surface area contributed by atoms with Gasteiger partial charge in [-0.25, -0.2) is 0 Å². The summed E-state index contributed by atoms with van der Waals surface area (Å²) < 4.78 is 5.10. The van der Waals surface area contributed by atoms with Gasteiger partial charge in [-0.3, -0.25) is 9.59 Å². The first-order valence-electron chi connectivity index (χ1n) is 5.04. The van der Waals surface area contributed by atoms with Gasteiger partial charge in [0.2, 0.25) is 5.78 Å². The number of carbonyl (C=O) groups excluding carboxylic acids is 2. The average Bonchev–Trinajstić information content (AvgIpc) is 2.36. The van der Waals surface area contributed by atoms with Crippen LogP contribution < -0.4 is 10.5 Å². The number of hydrogen-bond donors (Lipinski definition) is 1. The van der Waals surface area contributed by atoms with Gasteiger partial charge in [0.05, 0.1) is 7.11 Å². The van der Waals surface area contributed by atoms with E-state index in [9.17, 15) is 9.59 Å². The molecule has 0 aromatic heterocycles. The summed E-state index contributed by atoms with van der Waals surface area (Å²) in [6.07, 6.45) is 0. The molecule has 0 unspecified atom stereocenters. The number of Topliss-reactive ketones (excluding diaryl/α,β-unsaturated/α-hetero) is 1. The second kappa shape index (κ2) is 4.25. The number of ketones is 1. The maximum absolute atomic E-state index is 11.4. The number of amides is 1. The number of ether oxygens (including phenoxy) is 1. The third-order valence-corrected chi connectivity index (χ3v) is 2.53. The first kappa shape index (κ1) is 11.1. The first-order valence-corrected chi connectivity index (χ1v) is 5.04. The molecule has 2 N–H and O–H groups in total. The van der Waals surface area contributed by atoms with Gasteiger partial charge in [-0.1, -0.05) is 18.2 Å². The van der Waals surface area contributed by atoms with Crippen LogP contribution in [0.5, 0.6) is 5.75 Å². The van der Waals surface area contributed by atoms with Gasteiger partial charge in [0, 0.05) is 5.56 Å². The molecule has 0 saturated carbocycles. The van der Waals surface area contributed by atoms with E-state index in [2.05, 4.69) is 0 Å². The van der Waals surface area contributed by atoms with Crippen LogP contribution in [-0.2, 0) is 4.79 Å². The van der Waals surface area contributed by atoms with E-state index in [-0.39, 0.29) is 0 Å². The lowest BCUT2D eigenvalue weighted by molar-refractivity contribution is -0.114. The van der Waals surface area contributed by atoms with E-state index < -0.39 is 11.7 Å². The number of benzene rings is 2.